The summed E-state index contributed by atoms with van der Waals surface area (Å²) in [6.07, 6.45) is 23.0. The highest BCUT2D eigenvalue weighted by Gasteiger charge is 1.96. The molecule has 24 heavy (non-hydrogen) atoms. The van der Waals surface area contributed by atoms with Crippen molar-refractivity contribution in [2.45, 2.75) is 123 Å². The third kappa shape index (κ3) is 29.2. The van der Waals surface area contributed by atoms with E-state index in [4.69, 9.17) is 5.11 Å². The predicted molar refractivity (Wildman–Crippen MR) is 108 cm³/mol. The molecule has 0 radical (unpaired) electrons. The largest absolute Gasteiger partial charge is 0.481 e. The van der Waals surface area contributed by atoms with Crippen LogP contribution in [0.1, 0.15) is 123 Å². The van der Waals surface area contributed by atoms with Crippen molar-refractivity contribution in [3.8, 4) is 0 Å². The van der Waals surface area contributed by atoms with Crippen LogP contribution in [-0.4, -0.2) is 11.1 Å². The number of rotatable bonds is 17. The average molecular weight is 341 g/mol. The van der Waals surface area contributed by atoms with Gasteiger partial charge in [-0.2, -0.15) is 0 Å². The fraction of sp³-hybridized carbons (Fsp3) is 0.864. The van der Waals surface area contributed by atoms with Gasteiger partial charge in [-0.15, -0.1) is 6.58 Å². The molecule has 0 aliphatic carbocycles. The smallest absolute Gasteiger partial charge is 0.303 e. The number of hydrogen-bond acceptors (Lipinski definition) is 1. The van der Waals surface area contributed by atoms with Crippen LogP contribution < -0.4 is 0 Å². The molecule has 0 saturated carbocycles. The SMILES string of the molecule is C=CCCCCCCCC.CCCCCCCCCCCC(=O)O. The molecule has 0 aliphatic heterocycles. The van der Waals surface area contributed by atoms with Crippen LogP contribution in [0.15, 0.2) is 12.7 Å². The Labute approximate surface area is 152 Å². The van der Waals surface area contributed by atoms with Crippen molar-refractivity contribution in [2.24, 2.45) is 0 Å². The number of hydrogen-bond donors (Lipinski definition) is 1. The van der Waals surface area contributed by atoms with Crippen LogP contribution in [0.3, 0.4) is 0 Å². The minimum atomic E-state index is -0.659. The molecule has 2 nitrogen and oxygen atoms in total. The molecule has 1 N–H and O–H groups in total. The first kappa shape index (κ1) is 25.5. The molecule has 0 atom stereocenters. The molecule has 0 rings (SSSR count). The average Bonchev–Trinajstić information content (AvgIpc) is 2.57. The minimum Gasteiger partial charge on any atom is -0.481 e. The van der Waals surface area contributed by atoms with E-state index in [1.165, 1.54) is 89.9 Å². The number of aliphatic carboxylic acids is 1. The van der Waals surface area contributed by atoms with Crippen molar-refractivity contribution in [1.29, 1.82) is 0 Å². The maximum Gasteiger partial charge on any atom is 0.303 e. The second-order valence-electron chi connectivity index (χ2n) is 6.82. The van der Waals surface area contributed by atoms with Crippen molar-refractivity contribution in [1.82, 2.24) is 0 Å². The standard InChI is InChI=1S/C12H24O2.C10H20/c1-2-3-4-5-6-7-8-9-10-11-12(13)14;1-3-5-7-9-10-8-6-4-2/h2-11H2,1H3,(H,13,14);3H,1,4-10H2,2H3. The molecule has 2 heteroatoms. The first-order valence-electron chi connectivity index (χ1n) is 10.5. The third-order valence-corrected chi connectivity index (χ3v) is 4.26. The summed E-state index contributed by atoms with van der Waals surface area (Å²) in [5.41, 5.74) is 0. The Morgan fingerprint density at radius 3 is 1.46 bits per heavy atom. The molecule has 0 heterocycles. The van der Waals surface area contributed by atoms with Gasteiger partial charge in [0.1, 0.15) is 0 Å². The molecule has 144 valence electrons. The Kier molecular flexibility index (Phi) is 25.9. The minimum absolute atomic E-state index is 0.343. The number of carboxylic acid groups (broad SMARTS) is 1. The topological polar surface area (TPSA) is 37.3 Å². The first-order chi connectivity index (χ1) is 11.7. The van der Waals surface area contributed by atoms with Crippen molar-refractivity contribution in [3.05, 3.63) is 12.7 Å². The van der Waals surface area contributed by atoms with E-state index in [1.54, 1.807) is 0 Å². The molecule has 0 aromatic carbocycles. The Bertz CT molecular complexity index is 248. The Balaban J connectivity index is 0. The van der Waals surface area contributed by atoms with E-state index < -0.39 is 5.97 Å². The van der Waals surface area contributed by atoms with Crippen molar-refractivity contribution < 1.29 is 9.90 Å². The van der Waals surface area contributed by atoms with Crippen molar-refractivity contribution in [2.75, 3.05) is 0 Å². The van der Waals surface area contributed by atoms with Gasteiger partial charge >= 0.3 is 5.97 Å². The molecule has 0 aliphatic rings. The number of carbonyl (C=O) groups is 1. The number of unbranched alkanes of at least 4 members (excludes halogenated alkanes) is 14. The van der Waals surface area contributed by atoms with E-state index >= 15 is 0 Å². The van der Waals surface area contributed by atoms with Crippen LogP contribution in [-0.2, 0) is 4.79 Å². The third-order valence-electron chi connectivity index (χ3n) is 4.26. The molecular formula is C22H44O2. The fourth-order valence-electron chi connectivity index (χ4n) is 2.66. The maximum absolute atomic E-state index is 10.2. The van der Waals surface area contributed by atoms with Crippen molar-refractivity contribution in [3.63, 3.8) is 0 Å². The highest BCUT2D eigenvalue weighted by atomic mass is 16.4. The van der Waals surface area contributed by atoms with E-state index in [1.807, 2.05) is 6.08 Å². The van der Waals surface area contributed by atoms with Crippen LogP contribution in [0.25, 0.3) is 0 Å². The second kappa shape index (κ2) is 24.5. The van der Waals surface area contributed by atoms with E-state index in [9.17, 15) is 4.79 Å². The van der Waals surface area contributed by atoms with Gasteiger partial charge < -0.3 is 5.11 Å². The lowest BCUT2D eigenvalue weighted by molar-refractivity contribution is -0.137. The van der Waals surface area contributed by atoms with Crippen LogP contribution in [0.4, 0.5) is 0 Å². The van der Waals surface area contributed by atoms with Crippen molar-refractivity contribution >= 4 is 5.97 Å². The predicted octanol–water partition coefficient (Wildman–Crippen LogP) is 7.91. The summed E-state index contributed by atoms with van der Waals surface area (Å²) in [4.78, 5) is 10.2. The summed E-state index contributed by atoms with van der Waals surface area (Å²) in [6, 6.07) is 0. The number of allylic oxidation sites excluding steroid dienone is 1. The quantitative estimate of drug-likeness (QED) is 0.216. The molecule has 0 spiro atoms. The summed E-state index contributed by atoms with van der Waals surface area (Å²) >= 11 is 0. The zero-order chi connectivity index (χ0) is 18.3. The van der Waals surface area contributed by atoms with Gasteiger partial charge in [0.15, 0.2) is 0 Å². The summed E-state index contributed by atoms with van der Waals surface area (Å²) in [5, 5.41) is 8.41. The highest BCUT2D eigenvalue weighted by Crippen LogP contribution is 2.10. The molecular weight excluding hydrogens is 296 g/mol. The summed E-state index contributed by atoms with van der Waals surface area (Å²) < 4.78 is 0. The molecule has 0 fully saturated rings. The van der Waals surface area contributed by atoms with Crippen LogP contribution in [0.2, 0.25) is 0 Å². The van der Waals surface area contributed by atoms with E-state index in [-0.39, 0.29) is 0 Å². The van der Waals surface area contributed by atoms with E-state index in [0.29, 0.717) is 6.42 Å². The molecule has 0 saturated heterocycles. The second-order valence-corrected chi connectivity index (χ2v) is 6.82. The van der Waals surface area contributed by atoms with Crippen LogP contribution >= 0.6 is 0 Å². The van der Waals surface area contributed by atoms with Gasteiger partial charge in [0.05, 0.1) is 0 Å². The summed E-state index contributed by atoms with van der Waals surface area (Å²) in [7, 11) is 0. The summed E-state index contributed by atoms with van der Waals surface area (Å²) in [5.74, 6) is -0.659. The monoisotopic (exact) mass is 340 g/mol. The van der Waals surface area contributed by atoms with Gasteiger partial charge in [-0.25, -0.2) is 0 Å². The normalized spacial score (nSPS) is 10.1. The van der Waals surface area contributed by atoms with Gasteiger partial charge in [0, 0.05) is 6.42 Å². The first-order valence-corrected chi connectivity index (χ1v) is 10.5. The van der Waals surface area contributed by atoms with Gasteiger partial charge in [-0.3, -0.25) is 4.79 Å². The molecule has 0 bridgehead atoms. The number of carboxylic acids is 1. The zero-order valence-corrected chi connectivity index (χ0v) is 16.7. The van der Waals surface area contributed by atoms with E-state index in [0.717, 1.165) is 12.8 Å². The molecule has 0 amide bonds. The van der Waals surface area contributed by atoms with Crippen LogP contribution in [0.5, 0.6) is 0 Å². The van der Waals surface area contributed by atoms with Gasteiger partial charge in [-0.05, 0) is 19.3 Å². The summed E-state index contributed by atoms with van der Waals surface area (Å²) in [6.45, 7) is 8.18. The van der Waals surface area contributed by atoms with E-state index in [2.05, 4.69) is 20.4 Å². The lowest BCUT2D eigenvalue weighted by Crippen LogP contribution is -1.93. The Hall–Kier alpha value is -0.790. The lowest BCUT2D eigenvalue weighted by Gasteiger charge is -2.00. The Morgan fingerprint density at radius 1 is 0.708 bits per heavy atom. The fourth-order valence-corrected chi connectivity index (χ4v) is 2.66. The molecule has 0 aromatic rings. The zero-order valence-electron chi connectivity index (χ0n) is 16.7. The highest BCUT2D eigenvalue weighted by molar-refractivity contribution is 5.66. The van der Waals surface area contributed by atoms with Gasteiger partial charge in [0.25, 0.3) is 0 Å². The maximum atomic E-state index is 10.2. The van der Waals surface area contributed by atoms with Gasteiger partial charge in [-0.1, -0.05) is 103 Å². The molecule has 0 aromatic heterocycles. The van der Waals surface area contributed by atoms with Crippen LogP contribution in [0, 0.1) is 0 Å². The molecule has 0 unspecified atom stereocenters. The Morgan fingerprint density at radius 2 is 1.08 bits per heavy atom. The lowest BCUT2D eigenvalue weighted by atomic mass is 10.1. The van der Waals surface area contributed by atoms with Gasteiger partial charge in [0.2, 0.25) is 0 Å².